The highest BCUT2D eigenvalue weighted by molar-refractivity contribution is 9.10. The first-order valence-electron chi connectivity index (χ1n) is 4.09. The SMILES string of the molecule is CC(CN)c1c(F)cc(O)c(O)c1Br. The molecule has 4 N–H and O–H groups in total. The summed E-state index contributed by atoms with van der Waals surface area (Å²) in [6.07, 6.45) is 0. The number of aromatic hydroxyl groups is 2. The summed E-state index contributed by atoms with van der Waals surface area (Å²) in [5, 5.41) is 18.5. The Labute approximate surface area is 89.5 Å². The predicted molar refractivity (Wildman–Crippen MR) is 54.9 cm³/mol. The molecule has 0 radical (unpaired) electrons. The highest BCUT2D eigenvalue weighted by Gasteiger charge is 2.19. The lowest BCUT2D eigenvalue weighted by Gasteiger charge is -2.14. The Kier molecular flexibility index (Phi) is 3.34. The van der Waals surface area contributed by atoms with E-state index in [1.165, 1.54) is 0 Å². The Bertz CT molecular complexity index is 357. The van der Waals surface area contributed by atoms with Crippen molar-refractivity contribution >= 4 is 15.9 Å². The van der Waals surface area contributed by atoms with E-state index in [2.05, 4.69) is 15.9 Å². The van der Waals surface area contributed by atoms with Crippen LogP contribution in [0, 0.1) is 5.82 Å². The molecule has 1 rings (SSSR count). The minimum absolute atomic E-state index is 0.160. The van der Waals surface area contributed by atoms with Crippen molar-refractivity contribution in [3.8, 4) is 11.5 Å². The van der Waals surface area contributed by atoms with Crippen LogP contribution in [0.25, 0.3) is 0 Å². The van der Waals surface area contributed by atoms with Gasteiger partial charge in [-0.1, -0.05) is 6.92 Å². The minimum atomic E-state index is -0.579. The van der Waals surface area contributed by atoms with E-state index in [0.717, 1.165) is 6.07 Å². The Morgan fingerprint density at radius 3 is 2.64 bits per heavy atom. The number of benzene rings is 1. The smallest absolute Gasteiger partial charge is 0.172 e. The van der Waals surface area contributed by atoms with E-state index in [1.807, 2.05) is 0 Å². The summed E-state index contributed by atoms with van der Waals surface area (Å²) in [5.41, 5.74) is 5.68. The molecule has 1 aromatic rings. The maximum Gasteiger partial charge on any atom is 0.172 e. The molecule has 0 aliphatic rings. The number of hydrogen-bond acceptors (Lipinski definition) is 3. The van der Waals surface area contributed by atoms with Gasteiger partial charge in [0.1, 0.15) is 5.82 Å². The third-order valence-electron chi connectivity index (χ3n) is 2.05. The van der Waals surface area contributed by atoms with Crippen molar-refractivity contribution in [3.05, 3.63) is 21.9 Å². The summed E-state index contributed by atoms with van der Waals surface area (Å²) in [7, 11) is 0. The molecule has 1 aromatic carbocycles. The van der Waals surface area contributed by atoms with Gasteiger partial charge in [-0.3, -0.25) is 0 Å². The van der Waals surface area contributed by atoms with Crippen LogP contribution in [0.2, 0.25) is 0 Å². The average Bonchev–Trinajstić information content (AvgIpc) is 2.14. The molecule has 0 spiro atoms. The molecule has 0 heterocycles. The third-order valence-corrected chi connectivity index (χ3v) is 2.86. The molecule has 1 unspecified atom stereocenters. The van der Waals surface area contributed by atoms with Crippen LogP contribution >= 0.6 is 15.9 Å². The fraction of sp³-hybridized carbons (Fsp3) is 0.333. The number of hydrogen-bond donors (Lipinski definition) is 3. The quantitative estimate of drug-likeness (QED) is 0.716. The van der Waals surface area contributed by atoms with Crippen LogP contribution in [0.4, 0.5) is 4.39 Å². The first-order valence-corrected chi connectivity index (χ1v) is 4.88. The van der Waals surface area contributed by atoms with Gasteiger partial charge in [0.05, 0.1) is 4.47 Å². The van der Waals surface area contributed by atoms with Gasteiger partial charge in [0.15, 0.2) is 11.5 Å². The monoisotopic (exact) mass is 263 g/mol. The molecular weight excluding hydrogens is 253 g/mol. The van der Waals surface area contributed by atoms with Crippen molar-refractivity contribution in [1.82, 2.24) is 0 Å². The molecule has 0 saturated carbocycles. The Morgan fingerprint density at radius 1 is 1.57 bits per heavy atom. The summed E-state index contributed by atoms with van der Waals surface area (Å²) in [6, 6.07) is 0.877. The van der Waals surface area contributed by atoms with E-state index in [9.17, 15) is 9.50 Å². The fourth-order valence-corrected chi connectivity index (χ4v) is 1.96. The van der Waals surface area contributed by atoms with Gasteiger partial charge < -0.3 is 15.9 Å². The van der Waals surface area contributed by atoms with Gasteiger partial charge in [0.2, 0.25) is 0 Å². The first kappa shape index (κ1) is 11.3. The molecule has 5 heteroatoms. The molecule has 14 heavy (non-hydrogen) atoms. The first-order chi connectivity index (χ1) is 6.49. The van der Waals surface area contributed by atoms with Gasteiger partial charge in [-0.15, -0.1) is 0 Å². The molecule has 3 nitrogen and oxygen atoms in total. The minimum Gasteiger partial charge on any atom is -0.504 e. The van der Waals surface area contributed by atoms with Gasteiger partial charge in [-0.05, 0) is 28.4 Å². The summed E-state index contributed by atoms with van der Waals surface area (Å²) in [4.78, 5) is 0. The number of nitrogens with two attached hydrogens (primary N) is 1. The normalized spacial score (nSPS) is 12.9. The van der Waals surface area contributed by atoms with E-state index in [-0.39, 0.29) is 28.2 Å². The Morgan fingerprint density at radius 2 is 2.14 bits per heavy atom. The molecule has 0 amide bonds. The second-order valence-electron chi connectivity index (χ2n) is 3.09. The predicted octanol–water partition coefficient (Wildman–Crippen LogP) is 2.06. The number of phenolic OH excluding ortho intramolecular Hbond substituents is 2. The Hall–Kier alpha value is -0.810. The molecule has 0 saturated heterocycles. The summed E-state index contributed by atoms with van der Waals surface area (Å²) in [5.74, 6) is -1.65. The van der Waals surface area contributed by atoms with E-state index in [0.29, 0.717) is 0 Å². The van der Waals surface area contributed by atoms with Gasteiger partial charge in [0, 0.05) is 11.6 Å². The maximum absolute atomic E-state index is 13.4. The third kappa shape index (κ3) is 1.83. The van der Waals surface area contributed by atoms with Crippen LogP contribution in [-0.2, 0) is 0 Å². The van der Waals surface area contributed by atoms with Crippen LogP contribution in [0.15, 0.2) is 10.5 Å². The number of phenols is 2. The maximum atomic E-state index is 13.4. The molecule has 0 fully saturated rings. The van der Waals surface area contributed by atoms with Crippen LogP contribution in [0.5, 0.6) is 11.5 Å². The van der Waals surface area contributed by atoms with Crippen molar-refractivity contribution < 1.29 is 14.6 Å². The molecular formula is C9H11BrFNO2. The van der Waals surface area contributed by atoms with Crippen LogP contribution in [-0.4, -0.2) is 16.8 Å². The van der Waals surface area contributed by atoms with Crippen molar-refractivity contribution in [2.45, 2.75) is 12.8 Å². The molecule has 0 bridgehead atoms. The molecule has 0 aliphatic heterocycles. The molecule has 0 aliphatic carbocycles. The molecule has 0 aromatic heterocycles. The van der Waals surface area contributed by atoms with Gasteiger partial charge in [-0.25, -0.2) is 4.39 Å². The molecule has 1 atom stereocenters. The van der Waals surface area contributed by atoms with E-state index >= 15 is 0 Å². The highest BCUT2D eigenvalue weighted by atomic mass is 79.9. The van der Waals surface area contributed by atoms with Crippen molar-refractivity contribution in [2.24, 2.45) is 5.73 Å². The van der Waals surface area contributed by atoms with E-state index in [4.69, 9.17) is 10.8 Å². The summed E-state index contributed by atoms with van der Waals surface area (Å²) >= 11 is 3.02. The lowest BCUT2D eigenvalue weighted by molar-refractivity contribution is 0.395. The average molecular weight is 264 g/mol. The number of rotatable bonds is 2. The second kappa shape index (κ2) is 4.14. The van der Waals surface area contributed by atoms with Gasteiger partial charge in [-0.2, -0.15) is 0 Å². The van der Waals surface area contributed by atoms with Crippen LogP contribution in [0.1, 0.15) is 18.4 Å². The van der Waals surface area contributed by atoms with Crippen molar-refractivity contribution in [1.29, 1.82) is 0 Å². The number of halogens is 2. The van der Waals surface area contributed by atoms with Crippen LogP contribution in [0.3, 0.4) is 0 Å². The Balaban J connectivity index is 3.36. The lowest BCUT2D eigenvalue weighted by atomic mass is 10.0. The zero-order chi connectivity index (χ0) is 10.9. The summed E-state index contributed by atoms with van der Waals surface area (Å²) in [6.45, 7) is 2.00. The zero-order valence-corrected chi connectivity index (χ0v) is 9.18. The largest absolute Gasteiger partial charge is 0.504 e. The molecule has 78 valence electrons. The standard InChI is InChI=1S/C9H11BrFNO2/c1-4(3-12)7-5(11)2-6(13)9(14)8(7)10/h2,4,13-14H,3,12H2,1H3. The summed E-state index contributed by atoms with van der Waals surface area (Å²) < 4.78 is 13.5. The zero-order valence-electron chi connectivity index (χ0n) is 7.59. The fourth-order valence-electron chi connectivity index (χ4n) is 1.18. The van der Waals surface area contributed by atoms with Gasteiger partial charge in [0.25, 0.3) is 0 Å². The van der Waals surface area contributed by atoms with Gasteiger partial charge >= 0.3 is 0 Å². The lowest BCUT2D eigenvalue weighted by Crippen LogP contribution is -2.11. The second-order valence-corrected chi connectivity index (χ2v) is 3.88. The van der Waals surface area contributed by atoms with Crippen molar-refractivity contribution in [2.75, 3.05) is 6.54 Å². The van der Waals surface area contributed by atoms with Crippen molar-refractivity contribution in [3.63, 3.8) is 0 Å². The topological polar surface area (TPSA) is 66.5 Å². The van der Waals surface area contributed by atoms with E-state index in [1.54, 1.807) is 6.92 Å². The van der Waals surface area contributed by atoms with E-state index < -0.39 is 11.6 Å². The van der Waals surface area contributed by atoms with Crippen LogP contribution < -0.4 is 5.73 Å². The highest BCUT2D eigenvalue weighted by Crippen LogP contribution is 2.40.